The van der Waals surface area contributed by atoms with Gasteiger partial charge in [0.2, 0.25) is 5.91 Å². The van der Waals surface area contributed by atoms with E-state index in [-0.39, 0.29) is 30.2 Å². The van der Waals surface area contributed by atoms with Crippen molar-refractivity contribution in [3.05, 3.63) is 75.1 Å². The molecule has 0 spiro atoms. The molecule has 0 radical (unpaired) electrons. The fraction of sp³-hybridized carbons (Fsp3) is 0.200. The number of halogens is 4. The van der Waals surface area contributed by atoms with Gasteiger partial charge in [-0.1, -0.05) is 17.7 Å². The van der Waals surface area contributed by atoms with Gasteiger partial charge >= 0.3 is 6.18 Å². The van der Waals surface area contributed by atoms with Gasteiger partial charge in [0.25, 0.3) is 5.69 Å². The highest BCUT2D eigenvalue weighted by Crippen LogP contribution is 2.34. The molecule has 0 saturated heterocycles. The number of ether oxygens (including phenoxy) is 1. The third-order valence-electron chi connectivity index (χ3n) is 4.38. The second-order valence-electron chi connectivity index (χ2n) is 6.70. The highest BCUT2D eigenvalue weighted by molar-refractivity contribution is 6.31. The average Bonchev–Trinajstić information content (AvgIpc) is 3.03. The summed E-state index contributed by atoms with van der Waals surface area (Å²) in [6.07, 6.45) is -3.11. The van der Waals surface area contributed by atoms with Crippen LogP contribution in [0.5, 0.6) is 11.5 Å². The lowest BCUT2D eigenvalue weighted by Gasteiger charge is -2.12. The van der Waals surface area contributed by atoms with Gasteiger partial charge in [-0.3, -0.25) is 19.6 Å². The van der Waals surface area contributed by atoms with Crippen molar-refractivity contribution in [2.24, 2.45) is 0 Å². The summed E-state index contributed by atoms with van der Waals surface area (Å²) in [6, 6.07) is 7.53. The lowest BCUT2D eigenvalue weighted by Crippen LogP contribution is -2.15. The Morgan fingerprint density at radius 1 is 1.25 bits per heavy atom. The predicted octanol–water partition coefficient (Wildman–Crippen LogP) is 5.59. The van der Waals surface area contributed by atoms with E-state index < -0.39 is 28.3 Å². The van der Waals surface area contributed by atoms with Gasteiger partial charge in [0, 0.05) is 18.6 Å². The number of alkyl halides is 3. The lowest BCUT2D eigenvalue weighted by atomic mass is 10.2. The van der Waals surface area contributed by atoms with Crippen LogP contribution in [-0.4, -0.2) is 20.6 Å². The number of hydrogen-bond acceptors (Lipinski definition) is 5. The van der Waals surface area contributed by atoms with Crippen molar-refractivity contribution in [1.29, 1.82) is 0 Å². The summed E-state index contributed by atoms with van der Waals surface area (Å²) in [5, 5.41) is 18.3. The van der Waals surface area contributed by atoms with Crippen LogP contribution in [0.15, 0.2) is 48.7 Å². The standard InChI is InChI=1S/C20H16ClF3N4O4/c1-12-18(21)11-25-27(12)6-5-19(29)26-14-8-15(28(30)31)10-17(9-14)32-16-4-2-3-13(7-16)20(22,23)24/h2-4,7-11H,5-6H2,1H3,(H,26,29). The third-order valence-corrected chi connectivity index (χ3v) is 4.75. The number of non-ortho nitro benzene ring substituents is 1. The quantitative estimate of drug-likeness (QED) is 0.360. The topological polar surface area (TPSA) is 99.3 Å². The maximum atomic E-state index is 12.9. The SMILES string of the molecule is Cc1c(Cl)cnn1CCC(=O)Nc1cc(Oc2cccc(C(F)(F)F)c2)cc([N+](=O)[O-])c1. The van der Waals surface area contributed by atoms with Crippen LogP contribution in [0.4, 0.5) is 24.5 Å². The van der Waals surface area contributed by atoms with Crippen LogP contribution in [0, 0.1) is 17.0 Å². The van der Waals surface area contributed by atoms with E-state index in [4.69, 9.17) is 16.3 Å². The number of amides is 1. The van der Waals surface area contributed by atoms with Crippen molar-refractivity contribution >= 4 is 28.9 Å². The van der Waals surface area contributed by atoms with Gasteiger partial charge in [-0.05, 0) is 25.1 Å². The number of benzene rings is 2. The number of hydrogen-bond donors (Lipinski definition) is 1. The molecule has 32 heavy (non-hydrogen) atoms. The molecule has 3 rings (SSSR count). The van der Waals surface area contributed by atoms with Crippen molar-refractivity contribution in [2.75, 3.05) is 5.32 Å². The van der Waals surface area contributed by atoms with Crippen molar-refractivity contribution < 1.29 is 27.6 Å². The molecule has 2 aromatic carbocycles. The van der Waals surface area contributed by atoms with E-state index in [1.54, 1.807) is 6.92 Å². The minimum absolute atomic E-state index is 0.00532. The molecule has 0 fully saturated rings. The van der Waals surface area contributed by atoms with E-state index >= 15 is 0 Å². The molecule has 0 atom stereocenters. The fourth-order valence-electron chi connectivity index (χ4n) is 2.77. The number of aromatic nitrogens is 2. The Morgan fingerprint density at radius 3 is 2.62 bits per heavy atom. The van der Waals surface area contributed by atoms with E-state index in [1.807, 2.05) is 0 Å². The molecule has 0 aliphatic heterocycles. The van der Waals surface area contributed by atoms with Crippen molar-refractivity contribution in [3.8, 4) is 11.5 Å². The normalized spacial score (nSPS) is 11.3. The molecule has 1 amide bonds. The number of anilines is 1. The Bertz CT molecular complexity index is 1160. The summed E-state index contributed by atoms with van der Waals surface area (Å²) >= 11 is 5.92. The van der Waals surface area contributed by atoms with E-state index in [0.717, 1.165) is 30.3 Å². The molecule has 1 N–H and O–H groups in total. The summed E-state index contributed by atoms with van der Waals surface area (Å²) in [4.78, 5) is 22.8. The van der Waals surface area contributed by atoms with Crippen LogP contribution in [-0.2, 0) is 17.5 Å². The van der Waals surface area contributed by atoms with Gasteiger partial charge in [0.1, 0.15) is 11.5 Å². The maximum absolute atomic E-state index is 12.9. The van der Waals surface area contributed by atoms with Crippen LogP contribution in [0.3, 0.4) is 0 Å². The lowest BCUT2D eigenvalue weighted by molar-refractivity contribution is -0.384. The van der Waals surface area contributed by atoms with Crippen LogP contribution in [0.2, 0.25) is 5.02 Å². The van der Waals surface area contributed by atoms with Crippen LogP contribution in [0.1, 0.15) is 17.7 Å². The average molecular weight is 469 g/mol. The van der Waals surface area contributed by atoms with E-state index in [0.29, 0.717) is 10.7 Å². The molecule has 8 nitrogen and oxygen atoms in total. The number of nitro groups is 1. The highest BCUT2D eigenvalue weighted by atomic mass is 35.5. The van der Waals surface area contributed by atoms with Gasteiger partial charge < -0.3 is 10.1 Å². The first kappa shape index (κ1) is 23.1. The molecule has 0 aliphatic carbocycles. The monoisotopic (exact) mass is 468 g/mol. The smallest absolute Gasteiger partial charge is 0.416 e. The minimum atomic E-state index is -4.57. The molecular formula is C20H16ClF3N4O4. The molecule has 0 saturated carbocycles. The Labute approximate surface area is 184 Å². The first-order valence-corrected chi connectivity index (χ1v) is 9.53. The number of carbonyl (C=O) groups is 1. The fourth-order valence-corrected chi connectivity index (χ4v) is 2.91. The highest BCUT2D eigenvalue weighted by Gasteiger charge is 2.30. The van der Waals surface area contributed by atoms with E-state index in [1.165, 1.54) is 23.0 Å². The summed E-state index contributed by atoms with van der Waals surface area (Å²) in [6.45, 7) is 1.97. The van der Waals surface area contributed by atoms with Gasteiger partial charge in [0.05, 0.1) is 45.7 Å². The molecular weight excluding hydrogens is 453 g/mol. The largest absolute Gasteiger partial charge is 0.457 e. The summed E-state index contributed by atoms with van der Waals surface area (Å²) in [5.41, 5.74) is -0.588. The second-order valence-corrected chi connectivity index (χ2v) is 7.11. The molecule has 0 unspecified atom stereocenters. The van der Waals surface area contributed by atoms with Gasteiger partial charge in [-0.15, -0.1) is 0 Å². The number of aryl methyl sites for hydroxylation is 1. The number of nitrogens with zero attached hydrogens (tertiary/aromatic N) is 3. The second kappa shape index (κ2) is 9.27. The summed E-state index contributed by atoms with van der Waals surface area (Å²) in [5.74, 6) is -0.728. The number of rotatable bonds is 7. The molecule has 0 aliphatic rings. The maximum Gasteiger partial charge on any atom is 0.416 e. The summed E-state index contributed by atoms with van der Waals surface area (Å²) in [7, 11) is 0. The third kappa shape index (κ3) is 5.76. The zero-order chi connectivity index (χ0) is 23.5. The molecule has 168 valence electrons. The molecule has 3 aromatic rings. The Kier molecular flexibility index (Phi) is 6.68. The number of nitrogens with one attached hydrogen (secondary N) is 1. The van der Waals surface area contributed by atoms with Crippen molar-refractivity contribution in [3.63, 3.8) is 0 Å². The molecule has 1 heterocycles. The first-order chi connectivity index (χ1) is 15.0. The molecule has 12 heteroatoms. The van der Waals surface area contributed by atoms with Gasteiger partial charge in [-0.25, -0.2) is 0 Å². The van der Waals surface area contributed by atoms with Crippen LogP contribution < -0.4 is 10.1 Å². The van der Waals surface area contributed by atoms with E-state index in [9.17, 15) is 28.1 Å². The van der Waals surface area contributed by atoms with Crippen LogP contribution in [0.25, 0.3) is 0 Å². The van der Waals surface area contributed by atoms with Crippen molar-refractivity contribution in [1.82, 2.24) is 9.78 Å². The van der Waals surface area contributed by atoms with Gasteiger partial charge in [-0.2, -0.15) is 18.3 Å². The van der Waals surface area contributed by atoms with Crippen molar-refractivity contribution in [2.45, 2.75) is 26.1 Å². The Hall–Kier alpha value is -3.60. The van der Waals surface area contributed by atoms with Crippen LogP contribution >= 0.6 is 11.6 Å². The Balaban J connectivity index is 1.76. The van der Waals surface area contributed by atoms with Gasteiger partial charge in [0.15, 0.2) is 0 Å². The zero-order valence-electron chi connectivity index (χ0n) is 16.5. The summed E-state index contributed by atoms with van der Waals surface area (Å²) < 4.78 is 45.6. The Morgan fingerprint density at radius 2 is 2.00 bits per heavy atom. The minimum Gasteiger partial charge on any atom is -0.457 e. The zero-order valence-corrected chi connectivity index (χ0v) is 17.3. The first-order valence-electron chi connectivity index (χ1n) is 9.15. The predicted molar refractivity (Wildman–Crippen MR) is 110 cm³/mol. The number of carbonyl (C=O) groups excluding carboxylic acids is 1. The molecule has 1 aromatic heterocycles. The molecule has 0 bridgehead atoms. The van der Waals surface area contributed by atoms with E-state index in [2.05, 4.69) is 10.4 Å². The number of nitro benzene ring substituents is 1.